The summed E-state index contributed by atoms with van der Waals surface area (Å²) < 4.78 is 5.53. The Kier molecular flexibility index (Phi) is 4.76. The van der Waals surface area contributed by atoms with E-state index in [-0.39, 0.29) is 12.0 Å². The Morgan fingerprint density at radius 2 is 2.18 bits per heavy atom. The third-order valence-corrected chi connectivity index (χ3v) is 2.02. The second-order valence-corrected chi connectivity index (χ2v) is 4.33. The van der Waals surface area contributed by atoms with Crippen LogP contribution in [0.3, 0.4) is 0 Å². The normalized spacial score (nSPS) is 10.1. The Morgan fingerprint density at radius 1 is 1.47 bits per heavy atom. The highest BCUT2D eigenvalue weighted by molar-refractivity contribution is 5.94. The third kappa shape index (κ3) is 4.72. The third-order valence-electron chi connectivity index (χ3n) is 2.02. The molecule has 1 N–H and O–H groups in total. The summed E-state index contributed by atoms with van der Waals surface area (Å²) in [6, 6.07) is 7.16. The van der Waals surface area contributed by atoms with Gasteiger partial charge in [-0.2, -0.15) is 0 Å². The largest absolute Gasteiger partial charge is 0.491 e. The molecule has 1 rings (SSSR count). The van der Waals surface area contributed by atoms with Crippen LogP contribution in [0, 0.1) is 0 Å². The van der Waals surface area contributed by atoms with E-state index < -0.39 is 0 Å². The number of carbonyl (C=O) groups excluding carboxylic acids is 1. The van der Waals surface area contributed by atoms with Gasteiger partial charge >= 0.3 is 0 Å². The van der Waals surface area contributed by atoms with Crippen LogP contribution in [0.15, 0.2) is 36.4 Å². The summed E-state index contributed by atoms with van der Waals surface area (Å²) in [4.78, 5) is 11.8. The number of nitrogens with one attached hydrogen (secondary N) is 1. The molecule has 0 atom stereocenters. The van der Waals surface area contributed by atoms with Gasteiger partial charge in [-0.15, -0.1) is 0 Å². The zero-order valence-corrected chi connectivity index (χ0v) is 10.6. The summed E-state index contributed by atoms with van der Waals surface area (Å²) in [6.45, 7) is 10.0. The van der Waals surface area contributed by atoms with Gasteiger partial charge < -0.3 is 10.1 Å². The van der Waals surface area contributed by atoms with E-state index in [0.29, 0.717) is 17.9 Å². The van der Waals surface area contributed by atoms with Gasteiger partial charge in [0.15, 0.2) is 0 Å². The zero-order chi connectivity index (χ0) is 12.8. The van der Waals surface area contributed by atoms with Crippen molar-refractivity contribution in [1.29, 1.82) is 0 Å². The molecule has 0 aliphatic carbocycles. The Bertz CT molecular complexity index is 410. The molecule has 0 spiro atoms. The Morgan fingerprint density at radius 3 is 2.76 bits per heavy atom. The van der Waals surface area contributed by atoms with Crippen molar-refractivity contribution in [2.24, 2.45) is 0 Å². The number of rotatable bonds is 5. The van der Waals surface area contributed by atoms with E-state index in [1.807, 2.05) is 32.9 Å². The summed E-state index contributed by atoms with van der Waals surface area (Å²) in [5.41, 5.74) is 1.53. The summed E-state index contributed by atoms with van der Waals surface area (Å²) in [6.07, 6.45) is 0.101. The second-order valence-electron chi connectivity index (χ2n) is 4.33. The Balaban J connectivity index is 2.70. The van der Waals surface area contributed by atoms with Gasteiger partial charge in [0.25, 0.3) is 5.91 Å². The number of hydrogen-bond acceptors (Lipinski definition) is 2. The maximum absolute atomic E-state index is 11.8. The van der Waals surface area contributed by atoms with Gasteiger partial charge in [-0.25, -0.2) is 0 Å². The monoisotopic (exact) mass is 233 g/mol. The molecule has 3 heteroatoms. The van der Waals surface area contributed by atoms with Crippen molar-refractivity contribution in [2.75, 3.05) is 6.54 Å². The molecule has 3 nitrogen and oxygen atoms in total. The molecule has 0 unspecified atom stereocenters. The number of benzene rings is 1. The van der Waals surface area contributed by atoms with Gasteiger partial charge in [-0.1, -0.05) is 18.2 Å². The first-order valence-corrected chi connectivity index (χ1v) is 5.68. The van der Waals surface area contributed by atoms with Crippen molar-refractivity contribution in [1.82, 2.24) is 5.32 Å². The quantitative estimate of drug-likeness (QED) is 0.794. The lowest BCUT2D eigenvalue weighted by atomic mass is 10.2. The Labute approximate surface area is 102 Å². The maximum atomic E-state index is 11.8. The average molecular weight is 233 g/mol. The lowest BCUT2D eigenvalue weighted by Crippen LogP contribution is -2.24. The standard InChI is InChI=1S/C14H19NO2/c1-10(2)9-15-14(16)12-6-5-7-13(8-12)17-11(3)4/h5-8,11H,1,9H2,2-4H3,(H,15,16). The van der Waals surface area contributed by atoms with Crippen LogP contribution >= 0.6 is 0 Å². The van der Waals surface area contributed by atoms with E-state index in [9.17, 15) is 4.79 Å². The first kappa shape index (κ1) is 13.3. The second kappa shape index (κ2) is 6.09. The van der Waals surface area contributed by atoms with Gasteiger partial charge in [0.1, 0.15) is 5.75 Å². The molecule has 92 valence electrons. The Hall–Kier alpha value is -1.77. The highest BCUT2D eigenvalue weighted by Crippen LogP contribution is 2.14. The molecule has 0 aliphatic rings. The molecule has 0 heterocycles. The van der Waals surface area contributed by atoms with E-state index in [4.69, 9.17) is 4.74 Å². The molecule has 1 amide bonds. The minimum absolute atomic E-state index is 0.101. The predicted octanol–water partition coefficient (Wildman–Crippen LogP) is 2.78. The SMILES string of the molecule is C=C(C)CNC(=O)c1cccc(OC(C)C)c1. The smallest absolute Gasteiger partial charge is 0.251 e. The molecule has 1 aromatic carbocycles. The molecule has 0 fully saturated rings. The topological polar surface area (TPSA) is 38.3 Å². The van der Waals surface area contributed by atoms with E-state index in [2.05, 4.69) is 11.9 Å². The van der Waals surface area contributed by atoms with Gasteiger partial charge in [-0.3, -0.25) is 4.79 Å². The van der Waals surface area contributed by atoms with Crippen LogP contribution < -0.4 is 10.1 Å². The van der Waals surface area contributed by atoms with Crippen LogP contribution in [0.2, 0.25) is 0 Å². The van der Waals surface area contributed by atoms with Crippen molar-refractivity contribution < 1.29 is 9.53 Å². The lowest BCUT2D eigenvalue weighted by Gasteiger charge is -2.11. The molecule has 1 aromatic rings. The first-order chi connectivity index (χ1) is 7.99. The van der Waals surface area contributed by atoms with Crippen LogP contribution in [0.25, 0.3) is 0 Å². The van der Waals surface area contributed by atoms with E-state index >= 15 is 0 Å². The van der Waals surface area contributed by atoms with Crippen LogP contribution in [-0.2, 0) is 0 Å². The van der Waals surface area contributed by atoms with Gasteiger partial charge in [0.05, 0.1) is 6.10 Å². The summed E-state index contributed by atoms with van der Waals surface area (Å²) >= 11 is 0. The first-order valence-electron chi connectivity index (χ1n) is 5.68. The molecule has 0 radical (unpaired) electrons. The van der Waals surface area contributed by atoms with Crippen molar-refractivity contribution in [3.8, 4) is 5.75 Å². The van der Waals surface area contributed by atoms with Crippen LogP contribution in [0.4, 0.5) is 0 Å². The van der Waals surface area contributed by atoms with Gasteiger partial charge in [-0.05, 0) is 39.0 Å². The number of carbonyl (C=O) groups is 1. The number of hydrogen-bond donors (Lipinski definition) is 1. The fourth-order valence-electron chi connectivity index (χ4n) is 1.32. The molecular weight excluding hydrogens is 214 g/mol. The molecule has 0 saturated heterocycles. The van der Waals surface area contributed by atoms with E-state index in [1.165, 1.54) is 0 Å². The number of ether oxygens (including phenoxy) is 1. The van der Waals surface area contributed by atoms with Crippen molar-refractivity contribution in [2.45, 2.75) is 26.9 Å². The van der Waals surface area contributed by atoms with Crippen LogP contribution in [-0.4, -0.2) is 18.6 Å². The average Bonchev–Trinajstić information content (AvgIpc) is 2.25. The van der Waals surface area contributed by atoms with E-state index in [0.717, 1.165) is 5.57 Å². The fourth-order valence-corrected chi connectivity index (χ4v) is 1.32. The molecule has 0 aromatic heterocycles. The molecular formula is C14H19NO2. The van der Waals surface area contributed by atoms with Gasteiger partial charge in [0.2, 0.25) is 0 Å². The van der Waals surface area contributed by atoms with Crippen molar-refractivity contribution in [3.63, 3.8) is 0 Å². The highest BCUT2D eigenvalue weighted by Gasteiger charge is 2.06. The lowest BCUT2D eigenvalue weighted by molar-refractivity contribution is 0.0956. The highest BCUT2D eigenvalue weighted by atomic mass is 16.5. The van der Waals surface area contributed by atoms with Gasteiger partial charge in [0, 0.05) is 12.1 Å². The van der Waals surface area contributed by atoms with Crippen LogP contribution in [0.5, 0.6) is 5.75 Å². The summed E-state index contributed by atoms with van der Waals surface area (Å²) in [5.74, 6) is 0.602. The molecule has 0 saturated carbocycles. The number of amides is 1. The summed E-state index contributed by atoms with van der Waals surface area (Å²) in [5, 5.41) is 2.78. The molecule has 17 heavy (non-hydrogen) atoms. The predicted molar refractivity (Wildman–Crippen MR) is 69.4 cm³/mol. The molecule has 0 bridgehead atoms. The molecule has 0 aliphatic heterocycles. The minimum atomic E-state index is -0.109. The van der Waals surface area contributed by atoms with Crippen molar-refractivity contribution in [3.05, 3.63) is 42.0 Å². The van der Waals surface area contributed by atoms with Crippen LogP contribution in [0.1, 0.15) is 31.1 Å². The van der Waals surface area contributed by atoms with Crippen molar-refractivity contribution >= 4 is 5.91 Å². The van der Waals surface area contributed by atoms with E-state index in [1.54, 1.807) is 12.1 Å². The maximum Gasteiger partial charge on any atom is 0.251 e. The fraction of sp³-hybridized carbons (Fsp3) is 0.357. The summed E-state index contributed by atoms with van der Waals surface area (Å²) in [7, 11) is 0. The minimum Gasteiger partial charge on any atom is -0.491 e. The zero-order valence-electron chi connectivity index (χ0n) is 10.6.